The fraction of sp³-hybridized carbons (Fsp3) is 0.0667. The Morgan fingerprint density at radius 1 is 1.00 bits per heavy atom. The van der Waals surface area contributed by atoms with Crippen LogP contribution in [0.1, 0.15) is 5.56 Å². The Hall–Kier alpha value is -1.94. The zero-order valence-corrected chi connectivity index (χ0v) is 11.8. The first-order valence-corrected chi connectivity index (χ1v) is 6.81. The molecule has 0 atom stereocenters. The van der Waals surface area contributed by atoms with Crippen LogP contribution in [0.3, 0.4) is 0 Å². The second-order valence-corrected chi connectivity index (χ2v) is 5.05. The Kier molecular flexibility index (Phi) is 3.42. The first kappa shape index (κ1) is 12.1. The maximum atomic E-state index is 4.48. The van der Waals surface area contributed by atoms with E-state index >= 15 is 0 Å². The van der Waals surface area contributed by atoms with Crippen LogP contribution in [0.25, 0.3) is 10.9 Å². The van der Waals surface area contributed by atoms with E-state index in [1.165, 1.54) is 5.56 Å². The van der Waals surface area contributed by atoms with Crippen LogP contribution >= 0.6 is 15.9 Å². The van der Waals surface area contributed by atoms with Crippen molar-refractivity contribution in [2.75, 3.05) is 5.32 Å². The van der Waals surface area contributed by atoms with Crippen molar-refractivity contribution in [2.45, 2.75) is 6.54 Å². The molecule has 1 N–H and O–H groups in total. The van der Waals surface area contributed by atoms with Gasteiger partial charge in [0, 0.05) is 22.6 Å². The lowest BCUT2D eigenvalue weighted by atomic mass is 10.2. The average molecular weight is 314 g/mol. The molecule has 0 spiro atoms. The van der Waals surface area contributed by atoms with Crippen molar-refractivity contribution in [3.63, 3.8) is 0 Å². The van der Waals surface area contributed by atoms with E-state index in [-0.39, 0.29) is 0 Å². The lowest BCUT2D eigenvalue weighted by molar-refractivity contribution is 1.07. The standard InChI is InChI=1S/C15H12BrN3/c16-13-7-3-1-5-11(13)9-17-15-18-10-12-6-2-4-8-14(12)19-15/h1-8,10H,9H2,(H,17,18,19). The highest BCUT2D eigenvalue weighted by atomic mass is 79.9. The quantitative estimate of drug-likeness (QED) is 0.794. The molecule has 4 heteroatoms. The molecule has 0 aliphatic rings. The van der Waals surface area contributed by atoms with Crippen molar-refractivity contribution in [3.8, 4) is 0 Å². The second-order valence-electron chi connectivity index (χ2n) is 4.20. The molecular formula is C15H12BrN3. The van der Waals surface area contributed by atoms with Crippen LogP contribution in [0.4, 0.5) is 5.95 Å². The Morgan fingerprint density at radius 2 is 1.79 bits per heavy atom. The summed E-state index contributed by atoms with van der Waals surface area (Å²) in [7, 11) is 0. The summed E-state index contributed by atoms with van der Waals surface area (Å²) in [4.78, 5) is 8.80. The molecule has 3 aromatic rings. The summed E-state index contributed by atoms with van der Waals surface area (Å²) in [6, 6.07) is 16.1. The van der Waals surface area contributed by atoms with Gasteiger partial charge in [-0.3, -0.25) is 0 Å². The summed E-state index contributed by atoms with van der Waals surface area (Å²) in [6.07, 6.45) is 1.84. The molecule has 19 heavy (non-hydrogen) atoms. The minimum absolute atomic E-state index is 0.648. The highest BCUT2D eigenvalue weighted by molar-refractivity contribution is 9.10. The van der Waals surface area contributed by atoms with E-state index in [2.05, 4.69) is 37.3 Å². The Balaban J connectivity index is 1.80. The number of rotatable bonds is 3. The number of fused-ring (bicyclic) bond motifs is 1. The summed E-state index contributed by atoms with van der Waals surface area (Å²) in [6.45, 7) is 0.694. The molecule has 2 aromatic carbocycles. The van der Waals surface area contributed by atoms with Crippen molar-refractivity contribution < 1.29 is 0 Å². The van der Waals surface area contributed by atoms with E-state index < -0.39 is 0 Å². The predicted octanol–water partition coefficient (Wildman–Crippen LogP) is 4.00. The number of benzene rings is 2. The highest BCUT2D eigenvalue weighted by Gasteiger charge is 2.01. The van der Waals surface area contributed by atoms with Crippen LogP contribution in [-0.2, 0) is 6.54 Å². The van der Waals surface area contributed by atoms with Crippen LogP contribution < -0.4 is 5.32 Å². The Morgan fingerprint density at radius 3 is 2.68 bits per heavy atom. The van der Waals surface area contributed by atoms with E-state index in [0.29, 0.717) is 12.5 Å². The van der Waals surface area contributed by atoms with Crippen molar-refractivity contribution in [2.24, 2.45) is 0 Å². The molecule has 0 unspecified atom stereocenters. The number of nitrogens with zero attached hydrogens (tertiary/aromatic N) is 2. The molecule has 0 aliphatic heterocycles. The van der Waals surface area contributed by atoms with Gasteiger partial charge in [-0.25, -0.2) is 9.97 Å². The van der Waals surface area contributed by atoms with Gasteiger partial charge in [-0.1, -0.05) is 52.3 Å². The van der Waals surface area contributed by atoms with Crippen LogP contribution in [0, 0.1) is 0 Å². The lowest BCUT2D eigenvalue weighted by Gasteiger charge is -2.07. The Bertz CT molecular complexity index is 712. The number of anilines is 1. The minimum atomic E-state index is 0.648. The second kappa shape index (κ2) is 5.36. The van der Waals surface area contributed by atoms with Gasteiger partial charge in [-0.2, -0.15) is 0 Å². The van der Waals surface area contributed by atoms with Gasteiger partial charge in [0.25, 0.3) is 0 Å². The fourth-order valence-corrected chi connectivity index (χ4v) is 2.30. The maximum absolute atomic E-state index is 4.48. The first-order chi connectivity index (χ1) is 9.33. The number of hydrogen-bond acceptors (Lipinski definition) is 3. The summed E-state index contributed by atoms with van der Waals surface area (Å²) in [5.74, 6) is 0.648. The van der Waals surface area contributed by atoms with Crippen molar-refractivity contribution >= 4 is 32.8 Å². The van der Waals surface area contributed by atoms with Gasteiger partial charge in [0.15, 0.2) is 0 Å². The number of hydrogen-bond donors (Lipinski definition) is 1. The third-order valence-electron chi connectivity index (χ3n) is 2.88. The highest BCUT2D eigenvalue weighted by Crippen LogP contribution is 2.17. The van der Waals surface area contributed by atoms with Crippen molar-refractivity contribution in [3.05, 3.63) is 64.8 Å². The van der Waals surface area contributed by atoms with E-state index in [0.717, 1.165) is 15.4 Å². The molecule has 0 amide bonds. The molecule has 1 heterocycles. The van der Waals surface area contributed by atoms with Gasteiger partial charge in [-0.05, 0) is 17.7 Å². The number of para-hydroxylation sites is 1. The summed E-state index contributed by atoms with van der Waals surface area (Å²) >= 11 is 3.53. The van der Waals surface area contributed by atoms with Crippen LogP contribution in [0.15, 0.2) is 59.2 Å². The van der Waals surface area contributed by atoms with E-state index in [9.17, 15) is 0 Å². The van der Waals surface area contributed by atoms with Gasteiger partial charge in [0.05, 0.1) is 5.52 Å². The van der Waals surface area contributed by atoms with Crippen molar-refractivity contribution in [1.82, 2.24) is 9.97 Å². The lowest BCUT2D eigenvalue weighted by Crippen LogP contribution is -2.03. The summed E-state index contributed by atoms with van der Waals surface area (Å²) in [5, 5.41) is 4.29. The summed E-state index contributed by atoms with van der Waals surface area (Å²) < 4.78 is 1.09. The monoisotopic (exact) mass is 313 g/mol. The van der Waals surface area contributed by atoms with Crippen molar-refractivity contribution in [1.29, 1.82) is 0 Å². The third kappa shape index (κ3) is 2.74. The topological polar surface area (TPSA) is 37.8 Å². The number of aromatic nitrogens is 2. The normalized spacial score (nSPS) is 10.6. The van der Waals surface area contributed by atoms with Gasteiger partial charge in [0.1, 0.15) is 0 Å². The molecular weight excluding hydrogens is 302 g/mol. The van der Waals surface area contributed by atoms with E-state index in [1.54, 1.807) is 0 Å². The smallest absolute Gasteiger partial charge is 0.223 e. The van der Waals surface area contributed by atoms with E-state index in [1.807, 2.05) is 48.7 Å². The molecule has 0 fully saturated rings. The average Bonchev–Trinajstić information content (AvgIpc) is 2.46. The molecule has 0 bridgehead atoms. The fourth-order valence-electron chi connectivity index (χ4n) is 1.87. The molecule has 1 aromatic heterocycles. The molecule has 0 saturated heterocycles. The van der Waals surface area contributed by atoms with Crippen LogP contribution in [0.2, 0.25) is 0 Å². The van der Waals surface area contributed by atoms with Gasteiger partial charge in [-0.15, -0.1) is 0 Å². The molecule has 0 saturated carbocycles. The maximum Gasteiger partial charge on any atom is 0.223 e. The molecule has 3 rings (SSSR count). The SMILES string of the molecule is Brc1ccccc1CNc1ncc2ccccc2n1. The predicted molar refractivity (Wildman–Crippen MR) is 81.0 cm³/mol. The van der Waals surface area contributed by atoms with Gasteiger partial charge >= 0.3 is 0 Å². The zero-order valence-electron chi connectivity index (χ0n) is 10.2. The number of nitrogens with one attached hydrogen (secondary N) is 1. The largest absolute Gasteiger partial charge is 0.350 e. The minimum Gasteiger partial charge on any atom is -0.350 e. The first-order valence-electron chi connectivity index (χ1n) is 6.02. The molecule has 0 radical (unpaired) electrons. The van der Waals surface area contributed by atoms with Gasteiger partial charge < -0.3 is 5.32 Å². The molecule has 3 nitrogen and oxygen atoms in total. The van der Waals surface area contributed by atoms with Gasteiger partial charge in [0.2, 0.25) is 5.95 Å². The Labute approximate surface area is 119 Å². The molecule has 94 valence electrons. The zero-order chi connectivity index (χ0) is 13.1. The van der Waals surface area contributed by atoms with Crippen LogP contribution in [0.5, 0.6) is 0 Å². The number of halogens is 1. The summed E-state index contributed by atoms with van der Waals surface area (Å²) in [5.41, 5.74) is 2.13. The third-order valence-corrected chi connectivity index (χ3v) is 3.66. The van der Waals surface area contributed by atoms with Crippen LogP contribution in [-0.4, -0.2) is 9.97 Å². The molecule has 0 aliphatic carbocycles. The van der Waals surface area contributed by atoms with E-state index in [4.69, 9.17) is 0 Å².